The van der Waals surface area contributed by atoms with Crippen LogP contribution >= 0.6 is 11.3 Å². The summed E-state index contributed by atoms with van der Waals surface area (Å²) in [6.45, 7) is 2.04. The van der Waals surface area contributed by atoms with E-state index < -0.39 is 11.4 Å². The zero-order valence-corrected chi connectivity index (χ0v) is 15.8. The SMILES string of the molecule is C[C@H](c1cccs1)n1nccc1NC(=O)CC1(CC(=O)O)CCCCC1. The fourth-order valence-corrected chi connectivity index (χ4v) is 4.71. The topological polar surface area (TPSA) is 84.2 Å². The summed E-state index contributed by atoms with van der Waals surface area (Å²) in [5.74, 6) is -0.304. The number of aliphatic carboxylic acids is 1. The molecule has 1 aliphatic carbocycles. The number of aromatic nitrogens is 2. The number of carboxylic acids is 1. The molecule has 0 aliphatic heterocycles. The molecule has 0 aromatic carbocycles. The second kappa shape index (κ2) is 8.03. The zero-order chi connectivity index (χ0) is 18.6. The second-order valence-electron chi connectivity index (χ2n) is 7.21. The lowest BCUT2D eigenvalue weighted by atomic mass is 9.69. The molecule has 6 nitrogen and oxygen atoms in total. The number of nitrogens with one attached hydrogen (secondary N) is 1. The molecular formula is C19H25N3O3S. The first-order valence-corrected chi connectivity index (χ1v) is 9.96. The van der Waals surface area contributed by atoms with Crippen LogP contribution in [0.4, 0.5) is 5.82 Å². The van der Waals surface area contributed by atoms with Crippen LogP contribution in [-0.4, -0.2) is 26.8 Å². The van der Waals surface area contributed by atoms with E-state index in [1.165, 1.54) is 4.88 Å². The molecule has 140 valence electrons. The zero-order valence-electron chi connectivity index (χ0n) is 15.0. The Morgan fingerprint density at radius 3 is 2.73 bits per heavy atom. The maximum Gasteiger partial charge on any atom is 0.303 e. The van der Waals surface area contributed by atoms with Crippen molar-refractivity contribution in [3.8, 4) is 0 Å². The minimum Gasteiger partial charge on any atom is -0.481 e. The molecule has 1 amide bonds. The van der Waals surface area contributed by atoms with Gasteiger partial charge in [0.2, 0.25) is 5.91 Å². The number of carboxylic acid groups (broad SMARTS) is 1. The van der Waals surface area contributed by atoms with Crippen molar-refractivity contribution in [3.63, 3.8) is 0 Å². The van der Waals surface area contributed by atoms with Crippen molar-refractivity contribution in [3.05, 3.63) is 34.7 Å². The van der Waals surface area contributed by atoms with E-state index in [9.17, 15) is 14.7 Å². The van der Waals surface area contributed by atoms with Crippen LogP contribution in [0.15, 0.2) is 29.8 Å². The maximum atomic E-state index is 12.7. The minimum atomic E-state index is -0.823. The van der Waals surface area contributed by atoms with Crippen LogP contribution in [0.3, 0.4) is 0 Å². The Morgan fingerprint density at radius 1 is 1.31 bits per heavy atom. The van der Waals surface area contributed by atoms with E-state index in [1.54, 1.807) is 28.3 Å². The molecule has 26 heavy (non-hydrogen) atoms. The van der Waals surface area contributed by atoms with Crippen molar-refractivity contribution in [1.29, 1.82) is 0 Å². The monoisotopic (exact) mass is 375 g/mol. The first kappa shape index (κ1) is 18.6. The molecule has 0 spiro atoms. The third-order valence-corrected chi connectivity index (χ3v) is 6.28. The van der Waals surface area contributed by atoms with Gasteiger partial charge >= 0.3 is 5.97 Å². The minimum absolute atomic E-state index is 0.0305. The number of hydrogen-bond donors (Lipinski definition) is 2. The lowest BCUT2D eigenvalue weighted by Gasteiger charge is -2.35. The molecule has 0 radical (unpaired) electrons. The van der Waals surface area contributed by atoms with Gasteiger partial charge in [0.1, 0.15) is 5.82 Å². The second-order valence-corrected chi connectivity index (χ2v) is 8.19. The average Bonchev–Trinajstić information content (AvgIpc) is 3.25. The predicted octanol–water partition coefficient (Wildman–Crippen LogP) is 4.31. The summed E-state index contributed by atoms with van der Waals surface area (Å²) >= 11 is 1.65. The Labute approximate surface area is 157 Å². The van der Waals surface area contributed by atoms with Gasteiger partial charge in [-0.1, -0.05) is 25.3 Å². The van der Waals surface area contributed by atoms with Gasteiger partial charge in [-0.15, -0.1) is 11.3 Å². The van der Waals surface area contributed by atoms with Crippen LogP contribution in [0.25, 0.3) is 0 Å². The molecule has 2 aromatic heterocycles. The highest BCUT2D eigenvalue weighted by molar-refractivity contribution is 7.10. The molecule has 2 N–H and O–H groups in total. The Morgan fingerprint density at radius 2 is 2.08 bits per heavy atom. The van der Waals surface area contributed by atoms with Crippen LogP contribution in [-0.2, 0) is 9.59 Å². The van der Waals surface area contributed by atoms with E-state index in [2.05, 4.69) is 10.4 Å². The van der Waals surface area contributed by atoms with Crippen LogP contribution in [0, 0.1) is 5.41 Å². The summed E-state index contributed by atoms with van der Waals surface area (Å²) in [4.78, 5) is 25.2. The number of carbonyl (C=O) groups is 2. The summed E-state index contributed by atoms with van der Waals surface area (Å²) in [5.41, 5.74) is -0.418. The number of anilines is 1. The Bertz CT molecular complexity index is 748. The first-order valence-electron chi connectivity index (χ1n) is 9.08. The van der Waals surface area contributed by atoms with Crippen molar-refractivity contribution in [2.24, 2.45) is 5.41 Å². The normalized spacial score (nSPS) is 17.6. The summed E-state index contributed by atoms with van der Waals surface area (Å²) < 4.78 is 1.80. The molecule has 0 saturated heterocycles. The largest absolute Gasteiger partial charge is 0.481 e. The fourth-order valence-electron chi connectivity index (χ4n) is 3.94. The number of carbonyl (C=O) groups excluding carboxylic acids is 1. The molecule has 0 unspecified atom stereocenters. The van der Waals surface area contributed by atoms with Gasteiger partial charge in [0.25, 0.3) is 0 Å². The van der Waals surface area contributed by atoms with Crippen molar-refractivity contribution >= 4 is 29.0 Å². The third kappa shape index (κ3) is 4.33. The van der Waals surface area contributed by atoms with Crippen LogP contribution in [0.2, 0.25) is 0 Å². The Kier molecular flexibility index (Phi) is 5.76. The van der Waals surface area contributed by atoms with Gasteiger partial charge in [-0.3, -0.25) is 9.59 Å². The Balaban J connectivity index is 1.70. The molecule has 2 heterocycles. The van der Waals surface area contributed by atoms with Gasteiger partial charge < -0.3 is 10.4 Å². The lowest BCUT2D eigenvalue weighted by molar-refractivity contribution is -0.140. The van der Waals surface area contributed by atoms with E-state index in [0.717, 1.165) is 32.1 Å². The number of amides is 1. The predicted molar refractivity (Wildman–Crippen MR) is 101 cm³/mol. The van der Waals surface area contributed by atoms with Crippen LogP contribution in [0.1, 0.15) is 62.8 Å². The molecule has 1 aliphatic rings. The summed E-state index contributed by atoms with van der Waals surface area (Å²) in [6, 6.07) is 5.86. The highest BCUT2D eigenvalue weighted by atomic mass is 32.1. The van der Waals surface area contributed by atoms with Gasteiger partial charge in [0, 0.05) is 17.4 Å². The lowest BCUT2D eigenvalue weighted by Crippen LogP contribution is -2.32. The van der Waals surface area contributed by atoms with E-state index in [-0.39, 0.29) is 24.8 Å². The van der Waals surface area contributed by atoms with Crippen LogP contribution in [0.5, 0.6) is 0 Å². The van der Waals surface area contributed by atoms with E-state index >= 15 is 0 Å². The average molecular weight is 375 g/mol. The smallest absolute Gasteiger partial charge is 0.303 e. The van der Waals surface area contributed by atoms with Gasteiger partial charge in [0.05, 0.1) is 18.7 Å². The molecule has 3 rings (SSSR count). The van der Waals surface area contributed by atoms with Crippen LogP contribution < -0.4 is 5.32 Å². The number of hydrogen-bond acceptors (Lipinski definition) is 4. The molecule has 2 aromatic rings. The summed E-state index contributed by atoms with van der Waals surface area (Å²) in [6.07, 6.45) is 6.70. The third-order valence-electron chi connectivity index (χ3n) is 5.24. The van der Waals surface area contributed by atoms with Crippen molar-refractivity contribution < 1.29 is 14.7 Å². The highest BCUT2D eigenvalue weighted by Gasteiger charge is 2.36. The number of thiophene rings is 1. The van der Waals surface area contributed by atoms with E-state index in [4.69, 9.17) is 0 Å². The standard InChI is InChI=1S/C19H25N3O3S/c1-14(15-6-5-11-26-15)22-16(7-10-20-22)21-17(23)12-19(13-18(24)25)8-3-2-4-9-19/h5-7,10-11,14H,2-4,8-9,12-13H2,1H3,(H,21,23)(H,24,25)/t14-/m1/s1. The van der Waals surface area contributed by atoms with Gasteiger partial charge in [-0.2, -0.15) is 5.10 Å². The quantitative estimate of drug-likeness (QED) is 0.755. The summed E-state index contributed by atoms with van der Waals surface area (Å²) in [7, 11) is 0. The molecule has 7 heteroatoms. The van der Waals surface area contributed by atoms with Crippen molar-refractivity contribution in [1.82, 2.24) is 9.78 Å². The van der Waals surface area contributed by atoms with Crippen molar-refractivity contribution in [2.45, 2.75) is 57.9 Å². The first-order chi connectivity index (χ1) is 12.5. The van der Waals surface area contributed by atoms with Gasteiger partial charge in [-0.05, 0) is 36.6 Å². The number of nitrogens with zero attached hydrogens (tertiary/aromatic N) is 2. The molecular weight excluding hydrogens is 350 g/mol. The maximum absolute atomic E-state index is 12.7. The van der Waals surface area contributed by atoms with E-state index in [1.807, 2.05) is 24.4 Å². The van der Waals surface area contributed by atoms with Gasteiger partial charge in [0.15, 0.2) is 0 Å². The Hall–Kier alpha value is -2.15. The number of rotatable bonds is 7. The van der Waals surface area contributed by atoms with E-state index in [0.29, 0.717) is 5.82 Å². The summed E-state index contributed by atoms with van der Waals surface area (Å²) in [5, 5.41) is 18.6. The molecule has 1 saturated carbocycles. The van der Waals surface area contributed by atoms with Gasteiger partial charge in [-0.25, -0.2) is 4.68 Å². The van der Waals surface area contributed by atoms with Crippen molar-refractivity contribution in [2.75, 3.05) is 5.32 Å². The molecule has 1 fully saturated rings. The fraction of sp³-hybridized carbons (Fsp3) is 0.526. The molecule has 1 atom stereocenters. The molecule has 0 bridgehead atoms. The highest BCUT2D eigenvalue weighted by Crippen LogP contribution is 2.42.